The fraction of sp³-hybridized carbons (Fsp3) is 0.409. The molecular weight excluding hydrogens is 422 g/mol. The monoisotopic (exact) mass is 449 g/mol. The predicted molar refractivity (Wildman–Crippen MR) is 122 cm³/mol. The molecule has 30 heavy (non-hydrogen) atoms. The molecule has 1 heterocycles. The second-order valence-corrected chi connectivity index (χ2v) is 9.92. The Balaban J connectivity index is 1.78. The van der Waals surface area contributed by atoms with Crippen LogP contribution in [0.2, 0.25) is 5.02 Å². The van der Waals surface area contributed by atoms with Crippen LogP contribution in [0.1, 0.15) is 37.6 Å². The van der Waals surface area contributed by atoms with E-state index in [4.69, 9.17) is 11.6 Å². The molecule has 2 aromatic rings. The van der Waals surface area contributed by atoms with E-state index in [0.717, 1.165) is 18.8 Å². The maximum atomic E-state index is 12.8. The van der Waals surface area contributed by atoms with Crippen molar-refractivity contribution in [2.24, 2.45) is 5.92 Å². The summed E-state index contributed by atoms with van der Waals surface area (Å²) in [5.41, 5.74) is 1.88. The minimum Gasteiger partial charge on any atom is -0.371 e. The number of halogens is 1. The van der Waals surface area contributed by atoms with Crippen molar-refractivity contribution in [3.8, 4) is 0 Å². The number of amides is 1. The van der Waals surface area contributed by atoms with Gasteiger partial charge in [0.25, 0.3) is 5.91 Å². The lowest BCUT2D eigenvalue weighted by Gasteiger charge is -2.19. The van der Waals surface area contributed by atoms with Gasteiger partial charge in [0.2, 0.25) is 10.0 Å². The number of rotatable bonds is 7. The molecule has 8 heteroatoms. The van der Waals surface area contributed by atoms with Crippen LogP contribution in [0.3, 0.4) is 0 Å². The molecule has 0 bridgehead atoms. The zero-order valence-corrected chi connectivity index (χ0v) is 19.1. The summed E-state index contributed by atoms with van der Waals surface area (Å²) in [7, 11) is -3.68. The van der Waals surface area contributed by atoms with E-state index in [1.165, 1.54) is 28.9 Å². The average Bonchev–Trinajstić information content (AvgIpc) is 3.15. The Hall–Kier alpha value is -2.09. The molecular formula is C22H28ClN3O3S. The lowest BCUT2D eigenvalue weighted by atomic mass is 10.2. The largest absolute Gasteiger partial charge is 0.371 e. The molecule has 0 aliphatic carbocycles. The van der Waals surface area contributed by atoms with Gasteiger partial charge in [-0.25, -0.2) is 8.42 Å². The summed E-state index contributed by atoms with van der Waals surface area (Å²) in [6.45, 7) is 8.57. The van der Waals surface area contributed by atoms with E-state index in [1.54, 1.807) is 13.8 Å². The summed E-state index contributed by atoms with van der Waals surface area (Å²) in [4.78, 5) is 15.2. The van der Waals surface area contributed by atoms with Crippen LogP contribution in [0.5, 0.6) is 0 Å². The van der Waals surface area contributed by atoms with Gasteiger partial charge in [-0.2, -0.15) is 4.31 Å². The number of hydrogen-bond acceptors (Lipinski definition) is 4. The second-order valence-electron chi connectivity index (χ2n) is 7.57. The Morgan fingerprint density at radius 3 is 2.40 bits per heavy atom. The summed E-state index contributed by atoms with van der Waals surface area (Å²) in [5.74, 6) is 0.241. The first-order chi connectivity index (χ1) is 14.3. The Morgan fingerprint density at radius 1 is 1.17 bits per heavy atom. The van der Waals surface area contributed by atoms with Crippen molar-refractivity contribution >= 4 is 38.9 Å². The highest BCUT2D eigenvalue weighted by molar-refractivity contribution is 7.89. The first-order valence-corrected chi connectivity index (χ1v) is 12.0. The molecule has 1 unspecified atom stereocenters. The Bertz CT molecular complexity index is 1000. The Morgan fingerprint density at radius 2 is 1.83 bits per heavy atom. The molecule has 1 N–H and O–H groups in total. The van der Waals surface area contributed by atoms with Crippen molar-refractivity contribution < 1.29 is 13.2 Å². The van der Waals surface area contributed by atoms with Crippen LogP contribution < -0.4 is 10.2 Å². The number of carbonyl (C=O) groups excluding carboxylic acids is 1. The zero-order valence-electron chi connectivity index (χ0n) is 17.6. The molecule has 2 aromatic carbocycles. The van der Waals surface area contributed by atoms with E-state index < -0.39 is 15.9 Å². The van der Waals surface area contributed by atoms with Gasteiger partial charge in [0.05, 0.1) is 15.5 Å². The minimum atomic E-state index is -3.68. The summed E-state index contributed by atoms with van der Waals surface area (Å²) in [6.07, 6.45) is 1.18. The van der Waals surface area contributed by atoms with Gasteiger partial charge in [0.1, 0.15) is 0 Å². The molecule has 1 aliphatic heterocycles. The summed E-state index contributed by atoms with van der Waals surface area (Å²) in [6, 6.07) is 11.9. The molecule has 0 aromatic heterocycles. The molecule has 1 aliphatic rings. The number of nitrogens with one attached hydrogen (secondary N) is 1. The van der Waals surface area contributed by atoms with Gasteiger partial charge in [-0.15, -0.1) is 0 Å². The average molecular weight is 450 g/mol. The van der Waals surface area contributed by atoms with Crippen LogP contribution in [0, 0.1) is 5.92 Å². The van der Waals surface area contributed by atoms with Gasteiger partial charge < -0.3 is 10.2 Å². The Labute approximate surface area is 183 Å². The summed E-state index contributed by atoms with van der Waals surface area (Å²) in [5, 5.41) is 3.01. The molecule has 1 atom stereocenters. The Kier molecular flexibility index (Phi) is 7.06. The normalized spacial score (nSPS) is 16.8. The van der Waals surface area contributed by atoms with Gasteiger partial charge >= 0.3 is 0 Å². The van der Waals surface area contributed by atoms with E-state index in [2.05, 4.69) is 17.1 Å². The minimum absolute atomic E-state index is 0.0549. The standard InChI is InChI=1S/C22H28ClN3O3S/c1-4-26(5-2)30(28,29)19-10-11-21(23)20(14-19)22(27)24-17-6-8-18(9-7-17)25-13-12-16(3)15-25/h6-11,14,16H,4-5,12-13,15H2,1-3H3,(H,24,27). The number of anilines is 2. The van der Waals surface area contributed by atoms with E-state index in [9.17, 15) is 13.2 Å². The lowest BCUT2D eigenvalue weighted by Crippen LogP contribution is -2.30. The third kappa shape index (κ3) is 4.79. The smallest absolute Gasteiger partial charge is 0.257 e. The first kappa shape index (κ1) is 22.6. The fourth-order valence-electron chi connectivity index (χ4n) is 3.67. The van der Waals surface area contributed by atoms with E-state index in [-0.39, 0.29) is 15.5 Å². The van der Waals surface area contributed by atoms with Gasteiger partial charge in [0.15, 0.2) is 0 Å². The highest BCUT2D eigenvalue weighted by atomic mass is 35.5. The van der Waals surface area contributed by atoms with Gasteiger partial charge in [-0.1, -0.05) is 32.4 Å². The SMILES string of the molecule is CCN(CC)S(=O)(=O)c1ccc(Cl)c(C(=O)Nc2ccc(N3CCC(C)C3)cc2)c1. The number of nitrogens with zero attached hydrogens (tertiary/aromatic N) is 2. The predicted octanol–water partition coefficient (Wildman–Crippen LogP) is 4.47. The van der Waals surface area contributed by atoms with Crippen LogP contribution in [0.15, 0.2) is 47.4 Å². The molecule has 0 spiro atoms. The van der Waals surface area contributed by atoms with Crippen molar-refractivity contribution in [2.45, 2.75) is 32.1 Å². The van der Waals surface area contributed by atoms with Crippen LogP contribution in [-0.2, 0) is 10.0 Å². The van der Waals surface area contributed by atoms with Crippen LogP contribution >= 0.6 is 11.6 Å². The van der Waals surface area contributed by atoms with Crippen molar-refractivity contribution in [3.05, 3.63) is 53.1 Å². The molecule has 1 fully saturated rings. The number of benzene rings is 2. The highest BCUT2D eigenvalue weighted by Crippen LogP contribution is 2.26. The molecule has 6 nitrogen and oxygen atoms in total. The quantitative estimate of drug-likeness (QED) is 0.677. The molecule has 0 radical (unpaired) electrons. The zero-order chi connectivity index (χ0) is 21.9. The maximum absolute atomic E-state index is 12.8. The molecule has 0 saturated carbocycles. The lowest BCUT2D eigenvalue weighted by molar-refractivity contribution is 0.102. The molecule has 1 saturated heterocycles. The van der Waals surface area contributed by atoms with E-state index in [0.29, 0.717) is 24.7 Å². The number of hydrogen-bond donors (Lipinski definition) is 1. The molecule has 162 valence electrons. The summed E-state index contributed by atoms with van der Waals surface area (Å²) < 4.78 is 26.9. The van der Waals surface area contributed by atoms with Crippen LogP contribution in [0.25, 0.3) is 0 Å². The third-order valence-corrected chi connectivity index (χ3v) is 7.82. The topological polar surface area (TPSA) is 69.7 Å². The van der Waals surface area contributed by atoms with Crippen LogP contribution in [-0.4, -0.2) is 44.8 Å². The maximum Gasteiger partial charge on any atom is 0.257 e. The van der Waals surface area contributed by atoms with Crippen molar-refractivity contribution in [1.82, 2.24) is 4.31 Å². The fourth-order valence-corrected chi connectivity index (χ4v) is 5.36. The van der Waals surface area contributed by atoms with Crippen molar-refractivity contribution in [2.75, 3.05) is 36.4 Å². The third-order valence-electron chi connectivity index (χ3n) is 5.44. The van der Waals surface area contributed by atoms with Gasteiger partial charge in [-0.3, -0.25) is 4.79 Å². The van der Waals surface area contributed by atoms with E-state index in [1.807, 2.05) is 24.3 Å². The first-order valence-electron chi connectivity index (χ1n) is 10.2. The summed E-state index contributed by atoms with van der Waals surface area (Å²) >= 11 is 6.20. The van der Waals surface area contributed by atoms with Crippen molar-refractivity contribution in [1.29, 1.82) is 0 Å². The van der Waals surface area contributed by atoms with Crippen LogP contribution in [0.4, 0.5) is 11.4 Å². The highest BCUT2D eigenvalue weighted by Gasteiger charge is 2.24. The molecule has 1 amide bonds. The van der Waals surface area contributed by atoms with Gasteiger partial charge in [0, 0.05) is 37.6 Å². The molecule has 3 rings (SSSR count). The van der Waals surface area contributed by atoms with E-state index >= 15 is 0 Å². The van der Waals surface area contributed by atoms with Crippen molar-refractivity contribution in [3.63, 3.8) is 0 Å². The van der Waals surface area contributed by atoms with Gasteiger partial charge in [-0.05, 0) is 54.8 Å². The number of carbonyl (C=O) groups is 1. The number of sulfonamides is 1. The second kappa shape index (κ2) is 9.37.